The highest BCUT2D eigenvalue weighted by molar-refractivity contribution is 6.17. The summed E-state index contributed by atoms with van der Waals surface area (Å²) in [5.74, 6) is 0.436. The van der Waals surface area contributed by atoms with Crippen molar-refractivity contribution in [1.82, 2.24) is 9.78 Å². The molecular formula is C12H12ClN3O3. The maximum absolute atomic E-state index is 11.0. The number of nitro groups is 1. The van der Waals surface area contributed by atoms with Gasteiger partial charge in [-0.1, -0.05) is 6.07 Å². The van der Waals surface area contributed by atoms with E-state index in [4.69, 9.17) is 16.3 Å². The number of hydrogen-bond acceptors (Lipinski definition) is 4. The molecule has 0 fully saturated rings. The molecule has 1 aromatic carbocycles. The van der Waals surface area contributed by atoms with Gasteiger partial charge in [0.1, 0.15) is 6.61 Å². The Morgan fingerprint density at radius 2 is 2.26 bits per heavy atom. The second-order valence-corrected chi connectivity index (χ2v) is 4.23. The van der Waals surface area contributed by atoms with Crippen molar-refractivity contribution in [2.45, 2.75) is 12.5 Å². The maximum Gasteiger partial charge on any atom is 0.311 e. The minimum absolute atomic E-state index is 0.0888. The standard InChI is InChI=1S/C12H12ClN3O3/c1-15-5-4-10(14-15)8-19-12-3-2-9(7-13)6-11(12)16(17)18/h2-6H,7-8H2,1H3. The molecule has 0 spiro atoms. The number of nitro benzene ring substituents is 1. The fourth-order valence-electron chi connectivity index (χ4n) is 1.60. The molecule has 0 radical (unpaired) electrons. The maximum atomic E-state index is 11.0. The molecule has 0 unspecified atom stereocenters. The first-order valence-electron chi connectivity index (χ1n) is 5.54. The van der Waals surface area contributed by atoms with Gasteiger partial charge in [-0.25, -0.2) is 0 Å². The lowest BCUT2D eigenvalue weighted by Gasteiger charge is -2.06. The molecule has 19 heavy (non-hydrogen) atoms. The Morgan fingerprint density at radius 3 is 2.84 bits per heavy atom. The summed E-state index contributed by atoms with van der Waals surface area (Å²) in [6.45, 7) is 0.182. The van der Waals surface area contributed by atoms with Crippen LogP contribution in [-0.2, 0) is 19.5 Å². The average molecular weight is 282 g/mol. The summed E-state index contributed by atoms with van der Waals surface area (Å²) >= 11 is 5.66. The van der Waals surface area contributed by atoms with E-state index in [2.05, 4.69) is 5.10 Å². The summed E-state index contributed by atoms with van der Waals surface area (Å²) < 4.78 is 7.08. The van der Waals surface area contributed by atoms with Gasteiger partial charge in [-0.05, 0) is 17.7 Å². The first-order valence-corrected chi connectivity index (χ1v) is 6.08. The van der Waals surface area contributed by atoms with Crippen LogP contribution in [0.3, 0.4) is 0 Å². The van der Waals surface area contributed by atoms with Crippen molar-refractivity contribution in [2.75, 3.05) is 0 Å². The first-order chi connectivity index (χ1) is 9.10. The summed E-state index contributed by atoms with van der Waals surface area (Å²) in [5, 5.41) is 15.1. The number of benzene rings is 1. The Hall–Kier alpha value is -2.08. The number of rotatable bonds is 5. The molecule has 0 atom stereocenters. The van der Waals surface area contributed by atoms with Crippen molar-refractivity contribution in [2.24, 2.45) is 7.05 Å². The average Bonchev–Trinajstić information content (AvgIpc) is 2.82. The van der Waals surface area contributed by atoms with Gasteiger partial charge in [-0.3, -0.25) is 14.8 Å². The molecular weight excluding hydrogens is 270 g/mol. The van der Waals surface area contributed by atoms with Crippen molar-refractivity contribution in [1.29, 1.82) is 0 Å². The molecule has 2 aromatic rings. The quantitative estimate of drug-likeness (QED) is 0.480. The van der Waals surface area contributed by atoms with Crippen molar-refractivity contribution in [3.05, 3.63) is 51.8 Å². The van der Waals surface area contributed by atoms with E-state index in [1.54, 1.807) is 36.1 Å². The minimum Gasteiger partial charge on any atom is -0.480 e. The van der Waals surface area contributed by atoms with Crippen molar-refractivity contribution >= 4 is 17.3 Å². The van der Waals surface area contributed by atoms with Crippen LogP contribution in [0.4, 0.5) is 5.69 Å². The van der Waals surface area contributed by atoms with Gasteiger partial charge in [0.15, 0.2) is 5.75 Å². The van der Waals surface area contributed by atoms with E-state index in [0.29, 0.717) is 11.3 Å². The zero-order chi connectivity index (χ0) is 13.8. The number of hydrogen-bond donors (Lipinski definition) is 0. The lowest BCUT2D eigenvalue weighted by Crippen LogP contribution is -2.01. The van der Waals surface area contributed by atoms with Crippen molar-refractivity contribution in [3.63, 3.8) is 0 Å². The summed E-state index contributed by atoms with van der Waals surface area (Å²) in [5.41, 5.74) is 1.30. The lowest BCUT2D eigenvalue weighted by molar-refractivity contribution is -0.386. The van der Waals surface area contributed by atoms with Gasteiger partial charge < -0.3 is 4.74 Å². The summed E-state index contributed by atoms with van der Waals surface area (Å²) in [4.78, 5) is 10.5. The third kappa shape index (κ3) is 3.23. The van der Waals surface area contributed by atoms with Crippen LogP contribution in [0.25, 0.3) is 0 Å². The molecule has 0 aliphatic carbocycles. The SMILES string of the molecule is Cn1ccc(COc2ccc(CCl)cc2[N+](=O)[O-])n1. The van der Waals surface area contributed by atoms with E-state index in [1.807, 2.05) is 0 Å². The summed E-state index contributed by atoms with van der Waals surface area (Å²) in [7, 11) is 1.79. The van der Waals surface area contributed by atoms with Crippen LogP contribution in [0.15, 0.2) is 30.5 Å². The number of halogens is 1. The number of alkyl halides is 1. The van der Waals surface area contributed by atoms with Gasteiger partial charge in [-0.15, -0.1) is 11.6 Å². The molecule has 0 amide bonds. The first kappa shape index (κ1) is 13.4. The van der Waals surface area contributed by atoms with E-state index >= 15 is 0 Å². The number of aromatic nitrogens is 2. The Labute approximate surface area is 114 Å². The molecule has 7 heteroatoms. The summed E-state index contributed by atoms with van der Waals surface area (Å²) in [6.07, 6.45) is 1.78. The van der Waals surface area contributed by atoms with Gasteiger partial charge in [-0.2, -0.15) is 5.10 Å². The minimum atomic E-state index is -0.482. The van der Waals surface area contributed by atoms with Crippen molar-refractivity contribution < 1.29 is 9.66 Å². The van der Waals surface area contributed by atoms with Crippen LogP contribution in [0.1, 0.15) is 11.3 Å². The highest BCUT2D eigenvalue weighted by Crippen LogP contribution is 2.29. The van der Waals surface area contributed by atoms with Crippen LogP contribution in [-0.4, -0.2) is 14.7 Å². The second kappa shape index (κ2) is 5.71. The topological polar surface area (TPSA) is 70.2 Å². The zero-order valence-corrected chi connectivity index (χ0v) is 11.0. The molecule has 0 bridgehead atoms. The molecule has 6 nitrogen and oxygen atoms in total. The van der Waals surface area contributed by atoms with Crippen LogP contribution >= 0.6 is 11.6 Å². The van der Waals surface area contributed by atoms with E-state index in [9.17, 15) is 10.1 Å². The molecule has 0 aliphatic rings. The highest BCUT2D eigenvalue weighted by Gasteiger charge is 2.16. The van der Waals surface area contributed by atoms with Crippen LogP contribution < -0.4 is 4.74 Å². The van der Waals surface area contributed by atoms with Gasteiger partial charge >= 0.3 is 5.69 Å². The molecule has 0 saturated heterocycles. The van der Waals surface area contributed by atoms with E-state index in [1.165, 1.54) is 6.07 Å². The highest BCUT2D eigenvalue weighted by atomic mass is 35.5. The lowest BCUT2D eigenvalue weighted by atomic mass is 10.2. The molecule has 0 saturated carbocycles. The second-order valence-electron chi connectivity index (χ2n) is 3.96. The van der Waals surface area contributed by atoms with Gasteiger partial charge in [0.2, 0.25) is 0 Å². The third-order valence-electron chi connectivity index (χ3n) is 2.52. The monoisotopic (exact) mass is 281 g/mol. The largest absolute Gasteiger partial charge is 0.480 e. The van der Waals surface area contributed by atoms with Crippen LogP contribution in [0.5, 0.6) is 5.75 Å². The molecule has 0 aliphatic heterocycles. The Bertz CT molecular complexity index is 598. The van der Waals surface area contributed by atoms with Crippen LogP contribution in [0.2, 0.25) is 0 Å². The molecule has 100 valence electrons. The summed E-state index contributed by atoms with van der Waals surface area (Å²) in [6, 6.07) is 6.46. The number of ether oxygens (including phenoxy) is 1. The smallest absolute Gasteiger partial charge is 0.311 e. The normalized spacial score (nSPS) is 10.4. The number of aryl methyl sites for hydroxylation is 1. The van der Waals surface area contributed by atoms with Crippen molar-refractivity contribution in [3.8, 4) is 5.75 Å². The van der Waals surface area contributed by atoms with E-state index in [-0.39, 0.29) is 23.9 Å². The Morgan fingerprint density at radius 1 is 1.47 bits per heavy atom. The van der Waals surface area contributed by atoms with E-state index in [0.717, 1.165) is 0 Å². The third-order valence-corrected chi connectivity index (χ3v) is 2.83. The molecule has 1 heterocycles. The Balaban J connectivity index is 2.17. The molecule has 0 N–H and O–H groups in total. The van der Waals surface area contributed by atoms with Gasteiger partial charge in [0, 0.05) is 25.2 Å². The number of nitrogens with zero attached hydrogens (tertiary/aromatic N) is 3. The predicted octanol–water partition coefficient (Wildman–Crippen LogP) is 2.65. The fourth-order valence-corrected chi connectivity index (χ4v) is 1.77. The van der Waals surface area contributed by atoms with Gasteiger partial charge in [0.05, 0.1) is 10.6 Å². The fraction of sp³-hybridized carbons (Fsp3) is 0.250. The van der Waals surface area contributed by atoms with E-state index < -0.39 is 4.92 Å². The predicted molar refractivity (Wildman–Crippen MR) is 70.2 cm³/mol. The van der Waals surface area contributed by atoms with Gasteiger partial charge in [0.25, 0.3) is 0 Å². The Kier molecular flexibility index (Phi) is 4.01. The molecule has 2 rings (SSSR count). The molecule has 1 aromatic heterocycles. The van der Waals surface area contributed by atoms with Crippen LogP contribution in [0, 0.1) is 10.1 Å². The zero-order valence-electron chi connectivity index (χ0n) is 10.2.